The van der Waals surface area contributed by atoms with Crippen molar-refractivity contribution >= 4 is 28.6 Å². The Bertz CT molecular complexity index is 551. The summed E-state index contributed by atoms with van der Waals surface area (Å²) < 4.78 is 7.09. The molecule has 0 aliphatic heterocycles. The van der Waals surface area contributed by atoms with Crippen molar-refractivity contribution in [2.75, 3.05) is 7.11 Å². The zero-order valence-corrected chi connectivity index (χ0v) is 11.5. The first-order valence-corrected chi connectivity index (χ1v) is 5.98. The van der Waals surface area contributed by atoms with E-state index < -0.39 is 5.97 Å². The molecule has 0 saturated carbocycles. The number of pyridine rings is 1. The predicted molar refractivity (Wildman–Crippen MR) is 70.2 cm³/mol. The van der Waals surface area contributed by atoms with Gasteiger partial charge in [0.25, 0.3) is 0 Å². The largest absolute Gasteiger partial charge is 0.464 e. The van der Waals surface area contributed by atoms with Gasteiger partial charge in [0.05, 0.1) is 16.4 Å². The Kier molecular flexibility index (Phi) is 3.41. The zero-order chi connectivity index (χ0) is 12.4. The average Bonchev–Trinajstić information content (AvgIpc) is 2.67. The van der Waals surface area contributed by atoms with E-state index in [2.05, 4.69) is 37.4 Å². The molecule has 17 heavy (non-hydrogen) atoms. The van der Waals surface area contributed by atoms with E-state index in [0.29, 0.717) is 11.5 Å². The van der Waals surface area contributed by atoms with Crippen molar-refractivity contribution in [3.05, 3.63) is 39.4 Å². The second-order valence-electron chi connectivity index (χ2n) is 3.34. The van der Waals surface area contributed by atoms with Crippen LogP contribution in [-0.4, -0.2) is 27.8 Å². The van der Waals surface area contributed by atoms with Crippen LogP contribution in [0.5, 0.6) is 0 Å². The summed E-state index contributed by atoms with van der Waals surface area (Å²) in [6, 6.07) is 5.53. The highest BCUT2D eigenvalue weighted by Crippen LogP contribution is 2.19. The first-order chi connectivity index (χ1) is 8.15. The lowest BCUT2D eigenvalue weighted by molar-refractivity contribution is 0.0592. The molecule has 0 saturated heterocycles. The van der Waals surface area contributed by atoms with Gasteiger partial charge in [-0.15, -0.1) is 0 Å². The van der Waals surface area contributed by atoms with Gasteiger partial charge in [0.15, 0.2) is 11.5 Å². The van der Waals surface area contributed by atoms with Gasteiger partial charge in [-0.05, 0) is 41.6 Å². The van der Waals surface area contributed by atoms with E-state index in [1.54, 1.807) is 10.9 Å². The maximum absolute atomic E-state index is 11.5. The molecule has 0 unspecified atom stereocenters. The molecule has 5 nitrogen and oxygen atoms in total. The molecule has 0 N–H and O–H groups in total. The molecule has 2 rings (SSSR count). The lowest BCUT2D eigenvalue weighted by Crippen LogP contribution is -2.05. The smallest absolute Gasteiger partial charge is 0.359 e. The van der Waals surface area contributed by atoms with Crippen molar-refractivity contribution in [1.82, 2.24) is 14.8 Å². The van der Waals surface area contributed by atoms with Crippen LogP contribution in [0.3, 0.4) is 0 Å². The van der Waals surface area contributed by atoms with Crippen molar-refractivity contribution in [3.63, 3.8) is 0 Å². The van der Waals surface area contributed by atoms with E-state index >= 15 is 0 Å². The van der Waals surface area contributed by atoms with Crippen molar-refractivity contribution in [2.24, 2.45) is 0 Å². The van der Waals surface area contributed by atoms with E-state index in [-0.39, 0.29) is 0 Å². The van der Waals surface area contributed by atoms with Gasteiger partial charge in [-0.1, -0.05) is 6.07 Å². The first-order valence-electron chi connectivity index (χ1n) is 4.90. The molecule has 6 heteroatoms. The fourth-order valence-electron chi connectivity index (χ4n) is 1.41. The molecule has 0 spiro atoms. The lowest BCUT2D eigenvalue weighted by Gasteiger charge is -2.01. The Labute approximate surface area is 112 Å². The molecule has 0 atom stereocenters. The van der Waals surface area contributed by atoms with Gasteiger partial charge in [0.1, 0.15) is 0 Å². The molecule has 2 heterocycles. The Balaban J connectivity index is 2.54. The number of hydrogen-bond donors (Lipinski definition) is 0. The third kappa shape index (κ3) is 2.17. The van der Waals surface area contributed by atoms with Gasteiger partial charge in [-0.2, -0.15) is 5.10 Å². The Morgan fingerprint density at radius 3 is 2.82 bits per heavy atom. The van der Waals surface area contributed by atoms with Crippen LogP contribution in [0.2, 0.25) is 0 Å². The highest BCUT2D eigenvalue weighted by atomic mass is 127. The number of methoxy groups -OCH3 is 1. The number of carbonyl (C=O) groups excluding carboxylic acids is 1. The maximum atomic E-state index is 11.5. The lowest BCUT2D eigenvalue weighted by atomic mass is 10.4. The van der Waals surface area contributed by atoms with Gasteiger partial charge in [-0.3, -0.25) is 0 Å². The Morgan fingerprint density at radius 2 is 2.24 bits per heavy atom. The minimum absolute atomic E-state index is 0.316. The van der Waals surface area contributed by atoms with Crippen molar-refractivity contribution in [2.45, 2.75) is 6.92 Å². The summed E-state index contributed by atoms with van der Waals surface area (Å²) in [7, 11) is 1.34. The number of aromatic nitrogens is 3. The predicted octanol–water partition coefficient (Wildman–Crippen LogP) is 1.97. The number of carbonyl (C=O) groups is 1. The molecule has 0 fully saturated rings. The van der Waals surface area contributed by atoms with Crippen LogP contribution in [0.25, 0.3) is 5.82 Å². The molecule has 0 amide bonds. The monoisotopic (exact) mass is 343 g/mol. The Hall–Kier alpha value is -1.44. The molecular formula is C11H10IN3O2. The van der Waals surface area contributed by atoms with E-state index in [4.69, 9.17) is 0 Å². The number of nitrogens with zero attached hydrogens (tertiary/aromatic N) is 3. The summed E-state index contributed by atoms with van der Waals surface area (Å²) in [5.41, 5.74) is 1.18. The number of rotatable bonds is 2. The molecule has 0 aliphatic carbocycles. The Morgan fingerprint density at radius 1 is 1.47 bits per heavy atom. The normalized spacial score (nSPS) is 10.3. The first kappa shape index (κ1) is 12.0. The zero-order valence-electron chi connectivity index (χ0n) is 9.35. The number of halogens is 1. The topological polar surface area (TPSA) is 57.0 Å². The fourth-order valence-corrected chi connectivity index (χ4v) is 1.97. The van der Waals surface area contributed by atoms with Crippen LogP contribution < -0.4 is 0 Å². The summed E-state index contributed by atoms with van der Waals surface area (Å²) in [6.07, 6.45) is 1.68. The molecular weight excluding hydrogens is 333 g/mol. The van der Waals surface area contributed by atoms with Gasteiger partial charge in [0, 0.05) is 6.20 Å². The molecule has 2 aromatic heterocycles. The quantitative estimate of drug-likeness (QED) is 0.618. The van der Waals surface area contributed by atoms with Crippen LogP contribution in [0.15, 0.2) is 24.4 Å². The van der Waals surface area contributed by atoms with E-state index in [0.717, 1.165) is 9.26 Å². The minimum Gasteiger partial charge on any atom is -0.464 e. The summed E-state index contributed by atoms with van der Waals surface area (Å²) in [4.78, 5) is 15.7. The molecule has 0 aliphatic rings. The summed E-state index contributed by atoms with van der Waals surface area (Å²) in [6.45, 7) is 1.88. The summed E-state index contributed by atoms with van der Waals surface area (Å²) in [5, 5.41) is 4.22. The third-order valence-corrected chi connectivity index (χ3v) is 3.58. The fraction of sp³-hybridized carbons (Fsp3) is 0.182. The maximum Gasteiger partial charge on any atom is 0.359 e. The van der Waals surface area contributed by atoms with Crippen LogP contribution in [0.1, 0.15) is 16.2 Å². The highest BCUT2D eigenvalue weighted by molar-refractivity contribution is 14.1. The number of hydrogen-bond acceptors (Lipinski definition) is 4. The second-order valence-corrected chi connectivity index (χ2v) is 4.42. The van der Waals surface area contributed by atoms with Gasteiger partial charge in [0.2, 0.25) is 0 Å². The summed E-state index contributed by atoms with van der Waals surface area (Å²) >= 11 is 2.08. The molecule has 88 valence electrons. The third-order valence-electron chi connectivity index (χ3n) is 2.29. The SMILES string of the molecule is COC(=O)c1nn(-c2ccccn2)c(C)c1I. The van der Waals surface area contributed by atoms with Crippen LogP contribution in [0, 0.1) is 10.5 Å². The highest BCUT2D eigenvalue weighted by Gasteiger charge is 2.20. The molecule has 2 aromatic rings. The van der Waals surface area contributed by atoms with Gasteiger partial charge >= 0.3 is 5.97 Å². The van der Waals surface area contributed by atoms with Crippen molar-refractivity contribution in [3.8, 4) is 5.82 Å². The van der Waals surface area contributed by atoms with E-state index in [9.17, 15) is 4.79 Å². The van der Waals surface area contributed by atoms with Crippen molar-refractivity contribution < 1.29 is 9.53 Å². The van der Waals surface area contributed by atoms with Crippen molar-refractivity contribution in [1.29, 1.82) is 0 Å². The van der Waals surface area contributed by atoms with Crippen LogP contribution in [0.4, 0.5) is 0 Å². The minimum atomic E-state index is -0.438. The average molecular weight is 343 g/mol. The second kappa shape index (κ2) is 4.82. The summed E-state index contributed by atoms with van der Waals surface area (Å²) in [5.74, 6) is 0.241. The molecule has 0 bridgehead atoms. The van der Waals surface area contributed by atoms with Gasteiger partial charge < -0.3 is 4.74 Å². The molecule has 0 aromatic carbocycles. The van der Waals surface area contributed by atoms with Crippen LogP contribution >= 0.6 is 22.6 Å². The molecule has 0 radical (unpaired) electrons. The van der Waals surface area contributed by atoms with E-state index in [1.165, 1.54) is 7.11 Å². The van der Waals surface area contributed by atoms with Gasteiger partial charge in [-0.25, -0.2) is 14.5 Å². The number of esters is 1. The van der Waals surface area contributed by atoms with E-state index in [1.807, 2.05) is 25.1 Å². The van der Waals surface area contributed by atoms with Crippen LogP contribution in [-0.2, 0) is 4.74 Å². The standard InChI is InChI=1S/C11H10IN3O2/c1-7-9(12)10(11(16)17-2)14-15(7)8-5-3-4-6-13-8/h3-6H,1-2H3. The number of ether oxygens (including phenoxy) is 1.